The second-order valence-electron chi connectivity index (χ2n) is 8.90. The molecule has 0 bridgehead atoms. The number of pyridine rings is 2. The Labute approximate surface area is 189 Å². The van der Waals surface area contributed by atoms with E-state index in [4.69, 9.17) is 9.47 Å². The Balaban J connectivity index is 1.08. The summed E-state index contributed by atoms with van der Waals surface area (Å²) in [5.41, 5.74) is 1.39. The first-order chi connectivity index (χ1) is 16.0. The topological polar surface area (TPSA) is 106 Å². The second-order valence-corrected chi connectivity index (χ2v) is 8.90. The molecule has 1 saturated carbocycles. The predicted octanol–water partition coefficient (Wildman–Crippen LogP) is 0.449. The summed E-state index contributed by atoms with van der Waals surface area (Å²) < 4.78 is 11.5. The lowest BCUT2D eigenvalue weighted by atomic mass is 9.99. The third-order valence-electron chi connectivity index (χ3n) is 6.49. The monoisotopic (exact) mass is 445 g/mol. The van der Waals surface area contributed by atoms with Crippen molar-refractivity contribution in [1.29, 1.82) is 0 Å². The van der Waals surface area contributed by atoms with Crippen molar-refractivity contribution in [2.45, 2.75) is 44.5 Å². The molecule has 9 nitrogen and oxygen atoms in total. The normalized spacial score (nSPS) is 25.4. The number of hydrogen-bond acceptors (Lipinski definition) is 7. The molecule has 1 saturated heterocycles. The van der Waals surface area contributed by atoms with Crippen LogP contribution in [0.15, 0.2) is 47.9 Å². The zero-order chi connectivity index (χ0) is 22.5. The average Bonchev–Trinajstić information content (AvgIpc) is 3.49. The number of aromatic nitrogens is 2. The maximum atomic E-state index is 12.2. The highest BCUT2D eigenvalue weighted by Gasteiger charge is 2.37. The number of ether oxygens (including phenoxy) is 2. The molecule has 1 unspecified atom stereocenters. The third-order valence-corrected chi connectivity index (χ3v) is 6.49. The van der Waals surface area contributed by atoms with E-state index in [1.54, 1.807) is 24.4 Å². The van der Waals surface area contributed by atoms with E-state index >= 15 is 0 Å². The molecule has 3 atom stereocenters. The van der Waals surface area contributed by atoms with Crippen LogP contribution in [-0.4, -0.2) is 51.4 Å². The summed E-state index contributed by atoms with van der Waals surface area (Å²) in [5, 5.41) is 4.12. The Kier molecular flexibility index (Phi) is 4.72. The number of hydrogen-bond donors (Lipinski definition) is 1. The van der Waals surface area contributed by atoms with Gasteiger partial charge in [0, 0.05) is 31.4 Å². The molecule has 3 aliphatic heterocycles. The molecule has 9 heteroatoms. The smallest absolute Gasteiger partial charge is 0.270 e. The van der Waals surface area contributed by atoms with Crippen molar-refractivity contribution in [3.05, 3.63) is 64.9 Å². The quantitative estimate of drug-likeness (QED) is 0.688. The summed E-state index contributed by atoms with van der Waals surface area (Å²) in [5.74, 6) is 0.413. The van der Waals surface area contributed by atoms with Crippen molar-refractivity contribution >= 4 is 17.6 Å². The molecule has 5 heterocycles. The molecule has 4 aliphatic rings. The van der Waals surface area contributed by atoms with Gasteiger partial charge in [0.25, 0.3) is 11.8 Å². The third kappa shape index (κ3) is 3.78. The largest absolute Gasteiger partial charge is 0.486 e. The van der Waals surface area contributed by atoms with Gasteiger partial charge in [-0.25, -0.2) is 9.98 Å². The second kappa shape index (κ2) is 7.77. The van der Waals surface area contributed by atoms with E-state index in [1.807, 2.05) is 12.3 Å². The minimum Gasteiger partial charge on any atom is -0.486 e. The molecular formula is C24H23N5O4. The minimum atomic E-state index is -0.444. The first kappa shape index (κ1) is 20.0. The Morgan fingerprint density at radius 3 is 2.91 bits per heavy atom. The van der Waals surface area contributed by atoms with E-state index in [1.165, 1.54) is 6.26 Å². The first-order valence-corrected chi connectivity index (χ1v) is 11.2. The number of rotatable bonds is 6. The van der Waals surface area contributed by atoms with E-state index in [0.29, 0.717) is 40.5 Å². The molecule has 33 heavy (non-hydrogen) atoms. The number of nitrogens with one attached hydrogen (secondary N) is 1. The van der Waals surface area contributed by atoms with E-state index in [2.05, 4.69) is 32.1 Å². The van der Waals surface area contributed by atoms with Gasteiger partial charge in [0.2, 0.25) is 0 Å². The van der Waals surface area contributed by atoms with Gasteiger partial charge in [-0.05, 0) is 49.6 Å². The van der Waals surface area contributed by atoms with Crippen molar-refractivity contribution in [1.82, 2.24) is 20.2 Å². The van der Waals surface area contributed by atoms with E-state index in [9.17, 15) is 9.59 Å². The van der Waals surface area contributed by atoms with Gasteiger partial charge in [-0.3, -0.25) is 19.5 Å². The lowest BCUT2D eigenvalue weighted by Gasteiger charge is -2.45. The molecular weight excluding hydrogens is 422 g/mol. The number of carbonyl (C=O) groups is 2. The highest BCUT2D eigenvalue weighted by molar-refractivity contribution is 5.92. The van der Waals surface area contributed by atoms with Gasteiger partial charge in [0.15, 0.2) is 0 Å². The van der Waals surface area contributed by atoms with Crippen LogP contribution in [0.5, 0.6) is 5.75 Å². The van der Waals surface area contributed by atoms with Crippen LogP contribution in [0.1, 0.15) is 35.8 Å². The van der Waals surface area contributed by atoms with Crippen LogP contribution in [0, 0.1) is 5.92 Å². The molecule has 168 valence electrons. The molecule has 1 aliphatic carbocycles. The van der Waals surface area contributed by atoms with E-state index < -0.39 is 5.92 Å². The summed E-state index contributed by atoms with van der Waals surface area (Å²) >= 11 is 0. The summed E-state index contributed by atoms with van der Waals surface area (Å²) in [6.07, 6.45) is 8.76. The van der Waals surface area contributed by atoms with Crippen molar-refractivity contribution < 1.29 is 19.1 Å². The summed E-state index contributed by atoms with van der Waals surface area (Å²) in [7, 11) is 0. The Bertz CT molecular complexity index is 1280. The lowest BCUT2D eigenvalue weighted by Crippen LogP contribution is -2.60. The minimum absolute atomic E-state index is 0.0315. The zero-order valence-corrected chi connectivity index (χ0v) is 18.1. The number of amides is 2. The van der Waals surface area contributed by atoms with Crippen LogP contribution in [0.25, 0.3) is 5.76 Å². The molecule has 2 amide bonds. The Morgan fingerprint density at radius 1 is 1.27 bits per heavy atom. The van der Waals surface area contributed by atoms with Gasteiger partial charge in [0.05, 0.1) is 17.8 Å². The molecule has 2 aromatic rings. The van der Waals surface area contributed by atoms with Crippen molar-refractivity contribution in [2.24, 2.45) is 10.9 Å². The number of carbonyl (C=O) groups excluding carboxylic acids is 2. The summed E-state index contributed by atoms with van der Waals surface area (Å²) in [6.45, 7) is 3.55. The van der Waals surface area contributed by atoms with Gasteiger partial charge < -0.3 is 14.8 Å². The summed E-state index contributed by atoms with van der Waals surface area (Å²) in [6, 6.07) is 5.89. The lowest BCUT2D eigenvalue weighted by molar-refractivity contribution is -0.119. The fourth-order valence-electron chi connectivity index (χ4n) is 4.27. The van der Waals surface area contributed by atoms with E-state index in [-0.39, 0.29) is 24.0 Å². The van der Waals surface area contributed by atoms with Crippen LogP contribution in [0.4, 0.5) is 0 Å². The molecule has 2 fully saturated rings. The van der Waals surface area contributed by atoms with Crippen LogP contribution in [-0.2, 0) is 16.1 Å². The number of fused-ring (bicyclic) bond motifs is 2. The highest BCUT2D eigenvalue weighted by Crippen LogP contribution is 2.26. The summed E-state index contributed by atoms with van der Waals surface area (Å²) in [4.78, 5) is 39.5. The van der Waals surface area contributed by atoms with Gasteiger partial charge in [-0.1, -0.05) is 0 Å². The van der Waals surface area contributed by atoms with Crippen LogP contribution < -0.4 is 20.8 Å². The molecule has 1 N–H and O–H groups in total. The van der Waals surface area contributed by atoms with Crippen molar-refractivity contribution in [3.63, 3.8) is 0 Å². The molecule has 2 aromatic heterocycles. The van der Waals surface area contributed by atoms with Gasteiger partial charge in [-0.2, -0.15) is 0 Å². The van der Waals surface area contributed by atoms with Gasteiger partial charge in [0.1, 0.15) is 34.6 Å². The van der Waals surface area contributed by atoms with E-state index in [0.717, 1.165) is 24.9 Å². The molecule has 0 spiro atoms. The zero-order valence-electron chi connectivity index (χ0n) is 18.1. The number of likely N-dealkylation sites (tertiary alicyclic amines) is 1. The van der Waals surface area contributed by atoms with Crippen LogP contribution in [0.3, 0.4) is 0 Å². The fourth-order valence-corrected chi connectivity index (χ4v) is 4.27. The molecule has 6 rings (SSSR count). The fraction of sp³-hybridized carbons (Fsp3) is 0.375. The predicted molar refractivity (Wildman–Crippen MR) is 116 cm³/mol. The maximum Gasteiger partial charge on any atom is 0.270 e. The highest BCUT2D eigenvalue weighted by atomic mass is 16.5. The van der Waals surface area contributed by atoms with Gasteiger partial charge in [-0.15, -0.1) is 0 Å². The average molecular weight is 445 g/mol. The SMILES string of the molecule is C[C@@H]1[C@@H](Oc2ccc(C(=O)NC3CC3)nc2)CN1Cc1cnc2c(c1)=NC(=O)C1C=COC=21. The maximum absolute atomic E-state index is 12.2. The molecule has 0 radical (unpaired) electrons. The number of nitrogens with zero attached hydrogens (tertiary/aromatic N) is 4. The standard InChI is InChI=1S/C24H23N5O4/c1-13-20(33-16-4-5-18(25-10-16)24(31)27-15-2-3-15)12-29(13)11-14-8-19-21(26-9-14)22-17(6-7-32-22)23(30)28-19/h4-10,13,15,17,20H,2-3,11-12H2,1H3,(H,27,31)/t13-,17?,20+/m1/s1. The first-order valence-electron chi connectivity index (χ1n) is 11.2. The molecule has 0 aromatic carbocycles. The Morgan fingerprint density at radius 2 is 2.15 bits per heavy atom. The van der Waals surface area contributed by atoms with Gasteiger partial charge >= 0.3 is 0 Å². The van der Waals surface area contributed by atoms with Crippen molar-refractivity contribution in [3.8, 4) is 5.75 Å². The van der Waals surface area contributed by atoms with Crippen LogP contribution >= 0.6 is 0 Å². The Hall–Kier alpha value is -3.59. The van der Waals surface area contributed by atoms with Crippen molar-refractivity contribution in [2.75, 3.05) is 6.54 Å². The van der Waals surface area contributed by atoms with Crippen LogP contribution in [0.2, 0.25) is 0 Å².